The van der Waals surface area contributed by atoms with Gasteiger partial charge in [-0.25, -0.2) is 0 Å². The number of para-hydroxylation sites is 1. The van der Waals surface area contributed by atoms with Gasteiger partial charge < -0.3 is 32.6 Å². The second kappa shape index (κ2) is 15.2. The largest absolute Gasteiger partial charge is 0.398 e. The molecule has 10 heteroatoms. The summed E-state index contributed by atoms with van der Waals surface area (Å²) in [6.07, 6.45) is 4.71. The summed E-state index contributed by atoms with van der Waals surface area (Å²) in [5.74, 6) is 0.0965. The maximum Gasteiger partial charge on any atom is 0.237 e. The number of ketones is 1. The first-order valence-corrected chi connectivity index (χ1v) is 11.4. The highest BCUT2D eigenvalue weighted by Gasteiger charge is 2.26. The van der Waals surface area contributed by atoms with E-state index < -0.39 is 6.04 Å². The molecule has 1 aliphatic rings. The quantitative estimate of drug-likeness (QED) is 0.0872. The molecule has 1 fully saturated rings. The molecule has 0 saturated carbocycles. The second-order valence-corrected chi connectivity index (χ2v) is 8.06. The molecule has 2 rings (SSSR count). The normalized spacial score (nSPS) is 16.2. The molecule has 9 nitrogen and oxygen atoms in total. The minimum atomic E-state index is -0.567. The van der Waals surface area contributed by atoms with Crippen molar-refractivity contribution < 1.29 is 14.4 Å². The average molecular weight is 451 g/mol. The number of guanidine groups is 1. The Bertz CT molecular complexity index is 734. The molecule has 0 bridgehead atoms. The first-order valence-electron chi connectivity index (χ1n) is 10.4. The van der Waals surface area contributed by atoms with E-state index >= 15 is 0 Å². The van der Waals surface area contributed by atoms with E-state index in [2.05, 4.69) is 15.6 Å². The van der Waals surface area contributed by atoms with E-state index in [9.17, 15) is 9.59 Å². The lowest BCUT2D eigenvalue weighted by atomic mass is 10.0. The van der Waals surface area contributed by atoms with Gasteiger partial charge in [0.2, 0.25) is 5.91 Å². The SMILES string of the molecule is CC=O.NC(N)=NCCC[C@H](NC(=O)[C@@H]1CCCCN1)C(=O)CSc1ccccc1N. The lowest BCUT2D eigenvalue weighted by Gasteiger charge is -2.25. The molecule has 31 heavy (non-hydrogen) atoms. The Morgan fingerprint density at radius 2 is 2.03 bits per heavy atom. The van der Waals surface area contributed by atoms with Crippen LogP contribution in [0.2, 0.25) is 0 Å². The van der Waals surface area contributed by atoms with Crippen LogP contribution in [0.1, 0.15) is 39.0 Å². The van der Waals surface area contributed by atoms with Crippen molar-refractivity contribution in [3.63, 3.8) is 0 Å². The van der Waals surface area contributed by atoms with Crippen LogP contribution in [-0.2, 0) is 14.4 Å². The molecule has 0 radical (unpaired) electrons. The average Bonchev–Trinajstić information content (AvgIpc) is 2.76. The number of carbonyl (C=O) groups excluding carboxylic acids is 3. The number of piperidine rings is 1. The number of nitrogen functional groups attached to an aromatic ring is 1. The number of aldehydes is 1. The number of rotatable bonds is 10. The van der Waals surface area contributed by atoms with Crippen molar-refractivity contribution in [3.05, 3.63) is 24.3 Å². The number of benzene rings is 1. The highest BCUT2D eigenvalue weighted by atomic mass is 32.2. The maximum atomic E-state index is 12.8. The summed E-state index contributed by atoms with van der Waals surface area (Å²) in [5.41, 5.74) is 17.3. The Morgan fingerprint density at radius 1 is 1.32 bits per heavy atom. The van der Waals surface area contributed by atoms with Crippen molar-refractivity contribution >= 4 is 41.4 Å². The summed E-state index contributed by atoms with van der Waals surface area (Å²) in [6.45, 7) is 2.69. The van der Waals surface area contributed by atoms with Crippen molar-refractivity contribution in [2.45, 2.75) is 56.0 Å². The fourth-order valence-electron chi connectivity index (χ4n) is 3.03. The van der Waals surface area contributed by atoms with E-state index in [1.807, 2.05) is 18.2 Å². The smallest absolute Gasteiger partial charge is 0.237 e. The third-order valence-electron chi connectivity index (χ3n) is 4.57. The zero-order valence-electron chi connectivity index (χ0n) is 18.0. The Morgan fingerprint density at radius 3 is 2.65 bits per heavy atom. The van der Waals surface area contributed by atoms with Crippen LogP contribution in [0.25, 0.3) is 0 Å². The number of aliphatic imine (C=N–C) groups is 1. The Kier molecular flexibility index (Phi) is 13.0. The van der Waals surface area contributed by atoms with Gasteiger partial charge in [-0.3, -0.25) is 14.6 Å². The van der Waals surface area contributed by atoms with E-state index in [0.717, 1.165) is 37.0 Å². The summed E-state index contributed by atoms with van der Waals surface area (Å²) in [5, 5.41) is 6.13. The van der Waals surface area contributed by atoms with Gasteiger partial charge in [0.25, 0.3) is 0 Å². The topological polar surface area (TPSA) is 166 Å². The fourth-order valence-corrected chi connectivity index (χ4v) is 3.94. The minimum absolute atomic E-state index is 0.0217. The predicted octanol–water partition coefficient (Wildman–Crippen LogP) is 0.816. The van der Waals surface area contributed by atoms with Crippen LogP contribution in [0.5, 0.6) is 0 Å². The molecule has 8 N–H and O–H groups in total. The fraction of sp³-hybridized carbons (Fsp3) is 0.524. The molecular formula is C21H34N6O3S. The summed E-state index contributed by atoms with van der Waals surface area (Å²) in [7, 11) is 0. The lowest BCUT2D eigenvalue weighted by Crippen LogP contribution is -2.51. The zero-order valence-corrected chi connectivity index (χ0v) is 18.8. The molecule has 0 aliphatic carbocycles. The number of nitrogens with two attached hydrogens (primary N) is 3. The number of thioether (sulfide) groups is 1. The number of nitrogens with one attached hydrogen (secondary N) is 2. The molecular weight excluding hydrogens is 416 g/mol. The third kappa shape index (κ3) is 10.8. The van der Waals surface area contributed by atoms with Gasteiger partial charge in [-0.2, -0.15) is 0 Å². The van der Waals surface area contributed by atoms with Crippen LogP contribution in [0.4, 0.5) is 5.69 Å². The molecule has 1 aliphatic heterocycles. The van der Waals surface area contributed by atoms with Gasteiger partial charge in [-0.1, -0.05) is 18.6 Å². The summed E-state index contributed by atoms with van der Waals surface area (Å²) >= 11 is 1.38. The lowest BCUT2D eigenvalue weighted by molar-refractivity contribution is -0.128. The zero-order chi connectivity index (χ0) is 23.1. The van der Waals surface area contributed by atoms with Crippen LogP contribution in [-0.4, -0.2) is 54.9 Å². The number of Topliss-reactive ketones (excluding diaryl/α,β-unsaturated/α-hetero) is 1. The number of nitrogens with zero attached hydrogens (tertiary/aromatic N) is 1. The van der Waals surface area contributed by atoms with Crippen molar-refractivity contribution in [3.8, 4) is 0 Å². The van der Waals surface area contributed by atoms with Crippen molar-refractivity contribution in [1.82, 2.24) is 10.6 Å². The summed E-state index contributed by atoms with van der Waals surface area (Å²) in [4.78, 5) is 39.0. The number of hydrogen-bond donors (Lipinski definition) is 5. The van der Waals surface area contributed by atoms with E-state index in [1.165, 1.54) is 18.7 Å². The molecule has 1 saturated heterocycles. The molecule has 0 aromatic heterocycles. The first kappa shape index (κ1) is 26.4. The van der Waals surface area contributed by atoms with Crippen molar-refractivity contribution in [2.24, 2.45) is 16.5 Å². The number of anilines is 1. The molecule has 1 aromatic rings. The molecule has 0 unspecified atom stereocenters. The van der Waals surface area contributed by atoms with Crippen LogP contribution in [0.15, 0.2) is 34.2 Å². The van der Waals surface area contributed by atoms with Gasteiger partial charge >= 0.3 is 0 Å². The molecule has 172 valence electrons. The van der Waals surface area contributed by atoms with Gasteiger partial charge in [0.1, 0.15) is 6.29 Å². The van der Waals surface area contributed by atoms with E-state index in [4.69, 9.17) is 22.0 Å². The van der Waals surface area contributed by atoms with Crippen LogP contribution in [0.3, 0.4) is 0 Å². The molecule has 1 amide bonds. The number of amides is 1. The summed E-state index contributed by atoms with van der Waals surface area (Å²) < 4.78 is 0. The molecule has 1 heterocycles. The highest BCUT2D eigenvalue weighted by molar-refractivity contribution is 8.00. The number of carbonyl (C=O) groups is 3. The van der Waals surface area contributed by atoms with Crippen molar-refractivity contribution in [2.75, 3.05) is 24.6 Å². The minimum Gasteiger partial charge on any atom is -0.398 e. The highest BCUT2D eigenvalue weighted by Crippen LogP contribution is 2.24. The molecule has 0 spiro atoms. The Balaban J connectivity index is 0.00000151. The van der Waals surface area contributed by atoms with Gasteiger partial charge in [-0.05, 0) is 51.3 Å². The standard InChI is InChI=1S/C19H30N6O2S.C2H4O/c20-13-6-1-2-9-17(13)28-12-16(26)14(8-5-11-24-19(21)22)25-18(27)15-7-3-4-10-23-15;1-2-3/h1-2,6,9,14-15,23H,3-5,7-8,10-12,20H2,(H,25,27)(H4,21,22,24);2H,1H3/t14-,15-;/m0./s1. The van der Waals surface area contributed by atoms with Crippen molar-refractivity contribution in [1.29, 1.82) is 0 Å². The second-order valence-electron chi connectivity index (χ2n) is 7.04. The predicted molar refractivity (Wildman–Crippen MR) is 126 cm³/mol. The molecule has 2 atom stereocenters. The van der Waals surface area contributed by atoms with Crippen LogP contribution < -0.4 is 27.8 Å². The van der Waals surface area contributed by atoms with Gasteiger partial charge in [0.05, 0.1) is 17.8 Å². The Hall–Kier alpha value is -2.59. The maximum absolute atomic E-state index is 12.8. The first-order chi connectivity index (χ1) is 14.9. The van der Waals surface area contributed by atoms with E-state index in [-0.39, 0.29) is 29.4 Å². The van der Waals surface area contributed by atoms with Gasteiger partial charge in [-0.15, -0.1) is 11.8 Å². The van der Waals surface area contributed by atoms with E-state index in [1.54, 1.807) is 6.07 Å². The van der Waals surface area contributed by atoms with Gasteiger partial charge in [0.15, 0.2) is 11.7 Å². The van der Waals surface area contributed by atoms with E-state index in [0.29, 0.717) is 25.1 Å². The van der Waals surface area contributed by atoms with Gasteiger partial charge in [0, 0.05) is 17.1 Å². The summed E-state index contributed by atoms with van der Waals surface area (Å²) in [6, 6.07) is 6.61. The monoisotopic (exact) mass is 450 g/mol. The third-order valence-corrected chi connectivity index (χ3v) is 5.68. The number of hydrogen-bond acceptors (Lipinski definition) is 7. The van der Waals surface area contributed by atoms with Crippen LogP contribution >= 0.6 is 11.8 Å². The molecule has 1 aromatic carbocycles. The van der Waals surface area contributed by atoms with Crippen LogP contribution in [0, 0.1) is 0 Å². The Labute approximate surface area is 188 Å².